The van der Waals surface area contributed by atoms with Crippen LogP contribution in [0.15, 0.2) is 30.3 Å². The van der Waals surface area contributed by atoms with Crippen molar-refractivity contribution in [2.75, 3.05) is 6.61 Å². The number of carbonyl (C=O) groups is 1. The first-order valence-electron chi connectivity index (χ1n) is 6.14. The van der Waals surface area contributed by atoms with E-state index in [-0.39, 0.29) is 12.1 Å². The van der Waals surface area contributed by atoms with Gasteiger partial charge in [0.2, 0.25) is 0 Å². The van der Waals surface area contributed by atoms with E-state index in [9.17, 15) is 4.79 Å². The highest BCUT2D eigenvalue weighted by atomic mass is 16.6. The molecule has 1 aliphatic heterocycles. The number of ether oxygens (including phenoxy) is 2. The van der Waals surface area contributed by atoms with Gasteiger partial charge in [-0.25, -0.2) is 0 Å². The molecule has 2 rings (SSSR count). The van der Waals surface area contributed by atoms with Crippen LogP contribution in [-0.4, -0.2) is 18.7 Å². The highest BCUT2D eigenvalue weighted by molar-refractivity contribution is 5.76. The van der Waals surface area contributed by atoms with Crippen molar-refractivity contribution in [3.8, 4) is 11.8 Å². The van der Waals surface area contributed by atoms with Gasteiger partial charge in [0, 0.05) is 13.0 Å². The number of carbonyl (C=O) groups excluding carboxylic acids is 1. The molecule has 0 aliphatic carbocycles. The number of hydrogen-bond donors (Lipinski definition) is 0. The topological polar surface area (TPSA) is 35.5 Å². The van der Waals surface area contributed by atoms with Gasteiger partial charge in [-0.1, -0.05) is 42.2 Å². The highest BCUT2D eigenvalue weighted by Crippen LogP contribution is 2.11. The minimum Gasteiger partial charge on any atom is -0.448 e. The van der Waals surface area contributed by atoms with Crippen molar-refractivity contribution in [1.82, 2.24) is 0 Å². The zero-order valence-corrected chi connectivity index (χ0v) is 10.2. The molecule has 1 aliphatic rings. The van der Waals surface area contributed by atoms with Crippen molar-refractivity contribution in [3.63, 3.8) is 0 Å². The third-order valence-electron chi connectivity index (χ3n) is 2.59. The van der Waals surface area contributed by atoms with E-state index >= 15 is 0 Å². The second-order valence-electron chi connectivity index (χ2n) is 4.15. The Morgan fingerprint density at radius 2 is 2.11 bits per heavy atom. The van der Waals surface area contributed by atoms with E-state index < -0.39 is 0 Å². The Labute approximate surface area is 107 Å². The van der Waals surface area contributed by atoms with Crippen LogP contribution in [-0.2, 0) is 20.9 Å². The quantitative estimate of drug-likeness (QED) is 0.453. The van der Waals surface area contributed by atoms with Gasteiger partial charge in [-0.15, -0.1) is 0 Å². The zero-order chi connectivity index (χ0) is 12.6. The normalized spacial score (nSPS) is 17.3. The maximum Gasteiger partial charge on any atom is 0.311 e. The lowest BCUT2D eigenvalue weighted by Crippen LogP contribution is -2.31. The summed E-state index contributed by atoms with van der Waals surface area (Å²) in [6, 6.07) is 10.1. The molecule has 1 aromatic carbocycles. The molecule has 0 aromatic heterocycles. The molecule has 3 heteroatoms. The smallest absolute Gasteiger partial charge is 0.311 e. The monoisotopic (exact) mass is 244 g/mol. The molecule has 3 nitrogen and oxygen atoms in total. The highest BCUT2D eigenvalue weighted by Gasteiger charge is 2.25. The van der Waals surface area contributed by atoms with Crippen LogP contribution in [0.3, 0.4) is 0 Å². The van der Waals surface area contributed by atoms with Crippen molar-refractivity contribution in [3.05, 3.63) is 35.9 Å². The molecule has 0 radical (unpaired) electrons. The molecule has 0 N–H and O–H groups in total. The molecule has 94 valence electrons. The van der Waals surface area contributed by atoms with Crippen molar-refractivity contribution in [2.24, 2.45) is 0 Å². The average Bonchev–Trinajstić information content (AvgIpc) is 2.36. The van der Waals surface area contributed by atoms with Crippen LogP contribution in [0.4, 0.5) is 0 Å². The summed E-state index contributed by atoms with van der Waals surface area (Å²) >= 11 is 0. The number of rotatable bonds is 5. The van der Waals surface area contributed by atoms with Gasteiger partial charge in [-0.05, 0) is 12.0 Å². The standard InChI is InChI=1S/C15H16O3/c16-15-11-14(18-15)9-5-2-6-10-17-12-13-7-3-1-4-8-13/h1,3-4,7-8,14H,2,6,10-12H2. The molecule has 18 heavy (non-hydrogen) atoms. The Balaban J connectivity index is 1.50. The summed E-state index contributed by atoms with van der Waals surface area (Å²) in [7, 11) is 0. The lowest BCUT2D eigenvalue weighted by atomic mass is 10.2. The minimum absolute atomic E-state index is 0.152. The first kappa shape index (κ1) is 12.7. The Morgan fingerprint density at radius 3 is 2.83 bits per heavy atom. The van der Waals surface area contributed by atoms with Gasteiger partial charge in [0.15, 0.2) is 6.10 Å². The van der Waals surface area contributed by atoms with Crippen LogP contribution < -0.4 is 0 Å². The maximum atomic E-state index is 10.5. The Morgan fingerprint density at radius 1 is 1.33 bits per heavy atom. The van der Waals surface area contributed by atoms with Crippen molar-refractivity contribution < 1.29 is 14.3 Å². The van der Waals surface area contributed by atoms with Gasteiger partial charge in [-0.3, -0.25) is 4.79 Å². The van der Waals surface area contributed by atoms with Gasteiger partial charge in [0.05, 0.1) is 13.0 Å². The molecule has 1 saturated heterocycles. The average molecular weight is 244 g/mol. The lowest BCUT2D eigenvalue weighted by Gasteiger charge is -2.19. The molecule has 1 heterocycles. The van der Waals surface area contributed by atoms with Gasteiger partial charge >= 0.3 is 5.97 Å². The number of hydrogen-bond acceptors (Lipinski definition) is 3. The van der Waals surface area contributed by atoms with Gasteiger partial charge in [0.1, 0.15) is 0 Å². The van der Waals surface area contributed by atoms with E-state index in [0.717, 1.165) is 12.8 Å². The summed E-state index contributed by atoms with van der Waals surface area (Å²) in [6.45, 7) is 1.35. The predicted octanol–water partition coefficient (Wildman–Crippen LogP) is 2.30. The molecule has 0 saturated carbocycles. The predicted molar refractivity (Wildman–Crippen MR) is 67.6 cm³/mol. The first-order valence-corrected chi connectivity index (χ1v) is 6.14. The van der Waals surface area contributed by atoms with Gasteiger partial charge in [-0.2, -0.15) is 0 Å². The third-order valence-corrected chi connectivity index (χ3v) is 2.59. The van der Waals surface area contributed by atoms with E-state index in [1.165, 1.54) is 5.56 Å². The second-order valence-corrected chi connectivity index (χ2v) is 4.15. The van der Waals surface area contributed by atoms with Crippen LogP contribution in [0.25, 0.3) is 0 Å². The molecule has 1 unspecified atom stereocenters. The summed E-state index contributed by atoms with van der Waals surface area (Å²) in [6.07, 6.45) is 1.96. The summed E-state index contributed by atoms with van der Waals surface area (Å²) in [5, 5.41) is 0. The maximum absolute atomic E-state index is 10.5. The minimum atomic E-state index is -0.164. The number of cyclic esters (lactones) is 1. The van der Waals surface area contributed by atoms with Crippen molar-refractivity contribution >= 4 is 5.97 Å². The zero-order valence-electron chi connectivity index (χ0n) is 10.2. The SMILES string of the molecule is O=C1CC(C#CCCCOCc2ccccc2)O1. The van der Waals surface area contributed by atoms with Crippen LogP contribution in [0.5, 0.6) is 0 Å². The fourth-order valence-corrected chi connectivity index (χ4v) is 1.59. The number of unbranched alkanes of at least 4 members (excludes halogenated alkanes) is 1. The van der Waals surface area contributed by atoms with E-state index in [4.69, 9.17) is 9.47 Å². The van der Waals surface area contributed by atoms with Crippen LogP contribution in [0.1, 0.15) is 24.8 Å². The van der Waals surface area contributed by atoms with E-state index in [0.29, 0.717) is 19.6 Å². The van der Waals surface area contributed by atoms with Crippen LogP contribution in [0, 0.1) is 11.8 Å². The number of benzene rings is 1. The van der Waals surface area contributed by atoms with Gasteiger partial charge < -0.3 is 9.47 Å². The Kier molecular flexibility index (Phi) is 4.80. The van der Waals surface area contributed by atoms with E-state index in [1.54, 1.807) is 0 Å². The van der Waals surface area contributed by atoms with Crippen LogP contribution >= 0.6 is 0 Å². The molecule has 0 bridgehead atoms. The summed E-state index contributed by atoms with van der Waals surface area (Å²) < 4.78 is 10.3. The first-order chi connectivity index (χ1) is 8.84. The van der Waals surface area contributed by atoms with Crippen molar-refractivity contribution in [1.29, 1.82) is 0 Å². The Bertz CT molecular complexity index is 434. The van der Waals surface area contributed by atoms with Crippen molar-refractivity contribution in [2.45, 2.75) is 32.0 Å². The molecule has 1 aromatic rings. The largest absolute Gasteiger partial charge is 0.448 e. The lowest BCUT2D eigenvalue weighted by molar-refractivity contribution is -0.163. The fourth-order valence-electron chi connectivity index (χ4n) is 1.59. The second kappa shape index (κ2) is 6.83. The third kappa shape index (κ3) is 4.23. The molecular weight excluding hydrogens is 228 g/mol. The number of esters is 1. The molecule has 0 amide bonds. The molecule has 1 fully saturated rings. The van der Waals surface area contributed by atoms with Crippen LogP contribution in [0.2, 0.25) is 0 Å². The fraction of sp³-hybridized carbons (Fsp3) is 0.400. The van der Waals surface area contributed by atoms with E-state index in [1.807, 2.05) is 30.3 Å². The molecule has 0 spiro atoms. The molecular formula is C15H16O3. The van der Waals surface area contributed by atoms with E-state index in [2.05, 4.69) is 11.8 Å². The summed E-state index contributed by atoms with van der Waals surface area (Å²) in [5.74, 6) is 5.76. The summed E-state index contributed by atoms with van der Waals surface area (Å²) in [4.78, 5) is 10.5. The van der Waals surface area contributed by atoms with Gasteiger partial charge in [0.25, 0.3) is 0 Å². The summed E-state index contributed by atoms with van der Waals surface area (Å²) in [5.41, 5.74) is 1.19. The molecule has 1 atom stereocenters. The Hall–Kier alpha value is -1.79.